The number of rotatable bonds is 4. The molecule has 6 nitrogen and oxygen atoms in total. The fraction of sp³-hybridized carbons (Fsp3) is 0.500. The molecule has 19 heavy (non-hydrogen) atoms. The van der Waals surface area contributed by atoms with E-state index < -0.39 is 0 Å². The lowest BCUT2D eigenvalue weighted by Gasteiger charge is -2.20. The maximum atomic E-state index is 4.33. The molecule has 0 aliphatic carbocycles. The number of nitrogens with one attached hydrogen (secondary N) is 1. The molecular formula is C12H18N6S. The van der Waals surface area contributed by atoms with Gasteiger partial charge in [0.05, 0.1) is 0 Å². The minimum atomic E-state index is 0.0893. The van der Waals surface area contributed by atoms with Gasteiger partial charge < -0.3 is 9.88 Å². The van der Waals surface area contributed by atoms with Gasteiger partial charge in [-0.25, -0.2) is 9.97 Å². The molecule has 0 unspecified atom stereocenters. The van der Waals surface area contributed by atoms with Gasteiger partial charge in [-0.1, -0.05) is 0 Å². The third kappa shape index (κ3) is 4.29. The van der Waals surface area contributed by atoms with Crippen LogP contribution < -0.4 is 5.32 Å². The quantitative estimate of drug-likeness (QED) is 0.858. The minimum absolute atomic E-state index is 0.0893. The van der Waals surface area contributed by atoms with Gasteiger partial charge in [-0.05, 0) is 32.5 Å². The van der Waals surface area contributed by atoms with Crippen LogP contribution in [0.5, 0.6) is 0 Å². The Balaban J connectivity index is 1.97. The second-order valence-corrected chi connectivity index (χ2v) is 6.24. The highest BCUT2D eigenvalue weighted by Crippen LogP contribution is 2.20. The molecule has 2 aromatic heterocycles. The number of aromatic nitrogens is 5. The van der Waals surface area contributed by atoms with E-state index in [-0.39, 0.29) is 5.54 Å². The third-order valence-electron chi connectivity index (χ3n) is 2.36. The average Bonchev–Trinajstić information content (AvgIpc) is 2.73. The second-order valence-electron chi connectivity index (χ2n) is 5.30. The molecule has 0 aromatic carbocycles. The Morgan fingerprint density at radius 2 is 1.95 bits per heavy atom. The van der Waals surface area contributed by atoms with Gasteiger partial charge in [-0.2, -0.15) is 0 Å². The van der Waals surface area contributed by atoms with Crippen molar-refractivity contribution < 1.29 is 0 Å². The highest BCUT2D eigenvalue weighted by Gasteiger charge is 2.09. The predicted octanol–water partition coefficient (Wildman–Crippen LogP) is 1.64. The van der Waals surface area contributed by atoms with Gasteiger partial charge >= 0.3 is 0 Å². The van der Waals surface area contributed by atoms with Crippen molar-refractivity contribution in [3.05, 3.63) is 24.3 Å². The van der Waals surface area contributed by atoms with E-state index in [1.54, 1.807) is 6.33 Å². The summed E-state index contributed by atoms with van der Waals surface area (Å²) in [6.07, 6.45) is 5.33. The first-order chi connectivity index (χ1) is 8.94. The molecule has 0 saturated heterocycles. The first kappa shape index (κ1) is 14.0. The standard InChI is InChI=1S/C12H18N6S/c1-12(2,3)15-7-9-5-13-10(14-6-9)19-11-17-16-8-18(11)4/h5-6,8,15H,7H2,1-4H3. The van der Waals surface area contributed by atoms with Crippen LogP contribution in [0, 0.1) is 0 Å². The second kappa shape index (κ2) is 5.66. The molecule has 2 rings (SSSR count). The van der Waals surface area contributed by atoms with Crippen molar-refractivity contribution in [2.75, 3.05) is 0 Å². The molecule has 2 heterocycles. The van der Waals surface area contributed by atoms with E-state index in [2.05, 4.69) is 46.3 Å². The molecule has 1 N–H and O–H groups in total. The highest BCUT2D eigenvalue weighted by molar-refractivity contribution is 7.99. The van der Waals surface area contributed by atoms with E-state index in [0.29, 0.717) is 5.16 Å². The van der Waals surface area contributed by atoms with E-state index in [1.165, 1.54) is 11.8 Å². The molecule has 0 aliphatic heterocycles. The van der Waals surface area contributed by atoms with Crippen molar-refractivity contribution in [1.82, 2.24) is 30.0 Å². The molecule has 0 spiro atoms. The molecule has 7 heteroatoms. The van der Waals surface area contributed by atoms with Crippen molar-refractivity contribution in [1.29, 1.82) is 0 Å². The van der Waals surface area contributed by atoms with Gasteiger partial charge in [0, 0.05) is 37.1 Å². The van der Waals surface area contributed by atoms with Crippen LogP contribution in [0.15, 0.2) is 29.0 Å². The van der Waals surface area contributed by atoms with E-state index in [9.17, 15) is 0 Å². The molecule has 0 aliphatic rings. The van der Waals surface area contributed by atoms with Crippen molar-refractivity contribution in [2.24, 2.45) is 7.05 Å². The number of aryl methyl sites for hydroxylation is 1. The van der Waals surface area contributed by atoms with Crippen LogP contribution in [0.1, 0.15) is 26.3 Å². The van der Waals surface area contributed by atoms with Gasteiger partial charge in [0.2, 0.25) is 0 Å². The summed E-state index contributed by atoms with van der Waals surface area (Å²) in [6, 6.07) is 0. The fourth-order valence-corrected chi connectivity index (χ4v) is 1.95. The summed E-state index contributed by atoms with van der Waals surface area (Å²) < 4.78 is 1.84. The highest BCUT2D eigenvalue weighted by atomic mass is 32.2. The van der Waals surface area contributed by atoms with Crippen molar-refractivity contribution in [3.63, 3.8) is 0 Å². The summed E-state index contributed by atoms with van der Waals surface area (Å²) in [6.45, 7) is 7.16. The normalized spacial score (nSPS) is 11.8. The molecule has 102 valence electrons. The summed E-state index contributed by atoms with van der Waals surface area (Å²) in [5.74, 6) is 0. The molecule has 0 saturated carbocycles. The van der Waals surface area contributed by atoms with Gasteiger partial charge in [0.1, 0.15) is 6.33 Å². The van der Waals surface area contributed by atoms with Gasteiger partial charge in [-0.15, -0.1) is 10.2 Å². The molecule has 0 radical (unpaired) electrons. The Kier molecular flexibility index (Phi) is 4.16. The lowest BCUT2D eigenvalue weighted by Crippen LogP contribution is -2.35. The molecule has 0 amide bonds. The third-order valence-corrected chi connectivity index (χ3v) is 3.30. The van der Waals surface area contributed by atoms with Crippen LogP contribution in [0.4, 0.5) is 0 Å². The Labute approximate surface area is 117 Å². The van der Waals surface area contributed by atoms with Gasteiger partial charge in [-0.3, -0.25) is 0 Å². The van der Waals surface area contributed by atoms with Crippen LogP contribution >= 0.6 is 11.8 Å². The van der Waals surface area contributed by atoms with Gasteiger partial charge in [0.15, 0.2) is 10.3 Å². The van der Waals surface area contributed by atoms with E-state index in [1.807, 2.05) is 24.0 Å². The summed E-state index contributed by atoms with van der Waals surface area (Å²) in [5, 5.41) is 12.7. The van der Waals surface area contributed by atoms with Crippen LogP contribution in [0.25, 0.3) is 0 Å². The maximum Gasteiger partial charge on any atom is 0.198 e. The average molecular weight is 278 g/mol. The van der Waals surface area contributed by atoms with E-state index in [0.717, 1.165) is 17.3 Å². The zero-order valence-corrected chi connectivity index (χ0v) is 12.4. The molecule has 0 atom stereocenters. The fourth-order valence-electron chi connectivity index (χ4n) is 1.30. The van der Waals surface area contributed by atoms with Crippen molar-refractivity contribution >= 4 is 11.8 Å². The van der Waals surface area contributed by atoms with Crippen LogP contribution in [0.2, 0.25) is 0 Å². The minimum Gasteiger partial charge on any atom is -0.311 e. The smallest absolute Gasteiger partial charge is 0.198 e. The Bertz CT molecular complexity index is 528. The molecular weight excluding hydrogens is 260 g/mol. The van der Waals surface area contributed by atoms with Crippen molar-refractivity contribution in [3.8, 4) is 0 Å². The van der Waals surface area contributed by atoms with Crippen LogP contribution in [-0.2, 0) is 13.6 Å². The summed E-state index contributed by atoms with van der Waals surface area (Å²) in [5.41, 5.74) is 1.16. The van der Waals surface area contributed by atoms with Crippen molar-refractivity contribution in [2.45, 2.75) is 43.2 Å². The number of nitrogens with zero attached hydrogens (tertiary/aromatic N) is 5. The monoisotopic (exact) mass is 278 g/mol. The topological polar surface area (TPSA) is 68.5 Å². The SMILES string of the molecule is Cn1cnnc1Sc1ncc(CNC(C)(C)C)cn1. The first-order valence-corrected chi connectivity index (χ1v) is 6.83. The number of hydrogen-bond donors (Lipinski definition) is 1. The lowest BCUT2D eigenvalue weighted by atomic mass is 10.1. The van der Waals surface area contributed by atoms with Crippen LogP contribution in [0.3, 0.4) is 0 Å². The largest absolute Gasteiger partial charge is 0.311 e. The Hall–Kier alpha value is -1.47. The summed E-state index contributed by atoms with van der Waals surface area (Å²) in [4.78, 5) is 8.65. The predicted molar refractivity (Wildman–Crippen MR) is 73.8 cm³/mol. The molecule has 2 aromatic rings. The Morgan fingerprint density at radius 3 is 2.47 bits per heavy atom. The summed E-state index contributed by atoms with van der Waals surface area (Å²) in [7, 11) is 1.89. The molecule has 0 fully saturated rings. The number of hydrogen-bond acceptors (Lipinski definition) is 6. The zero-order valence-electron chi connectivity index (χ0n) is 11.6. The lowest BCUT2D eigenvalue weighted by molar-refractivity contribution is 0.423. The Morgan fingerprint density at radius 1 is 1.26 bits per heavy atom. The van der Waals surface area contributed by atoms with Gasteiger partial charge in [0.25, 0.3) is 0 Å². The van der Waals surface area contributed by atoms with Crippen LogP contribution in [-0.4, -0.2) is 30.3 Å². The van der Waals surface area contributed by atoms with E-state index in [4.69, 9.17) is 0 Å². The maximum absolute atomic E-state index is 4.33. The van der Waals surface area contributed by atoms with E-state index >= 15 is 0 Å². The zero-order chi connectivity index (χ0) is 13.9. The first-order valence-electron chi connectivity index (χ1n) is 6.02. The molecule has 0 bridgehead atoms. The summed E-state index contributed by atoms with van der Waals surface area (Å²) >= 11 is 1.40.